The van der Waals surface area contributed by atoms with Crippen molar-refractivity contribution < 1.29 is 14.9 Å². The molecule has 0 aliphatic rings. The monoisotopic (exact) mass is 440 g/mol. The van der Waals surface area contributed by atoms with Crippen LogP contribution in [-0.2, 0) is 4.74 Å². The summed E-state index contributed by atoms with van der Waals surface area (Å²) in [6, 6.07) is 27.0. The molecule has 0 aliphatic carbocycles. The Labute approximate surface area is 194 Å². The van der Waals surface area contributed by atoms with Crippen LogP contribution >= 0.6 is 0 Å². The van der Waals surface area contributed by atoms with Crippen LogP contribution in [0.3, 0.4) is 0 Å². The van der Waals surface area contributed by atoms with Crippen LogP contribution in [0, 0.1) is 45.3 Å². The second-order valence-corrected chi connectivity index (χ2v) is 5.84. The Morgan fingerprint density at radius 2 is 0.879 bits per heavy atom. The molecule has 0 bridgehead atoms. The van der Waals surface area contributed by atoms with Gasteiger partial charge in [0.1, 0.15) is 35.8 Å². The zero-order valence-electron chi connectivity index (χ0n) is 18.4. The van der Waals surface area contributed by atoms with E-state index in [2.05, 4.69) is 0 Å². The van der Waals surface area contributed by atoms with Gasteiger partial charge < -0.3 is 14.9 Å². The molecule has 166 valence electrons. The summed E-state index contributed by atoms with van der Waals surface area (Å²) < 4.78 is 4.83. The Balaban J connectivity index is 0.000000426. The molecule has 0 unspecified atom stereocenters. The number of hydrogen-bond donors (Lipinski definition) is 2. The van der Waals surface area contributed by atoms with Gasteiger partial charge in [-0.3, -0.25) is 0 Å². The van der Waals surface area contributed by atoms with Gasteiger partial charge in [-0.25, -0.2) is 0 Å². The van der Waals surface area contributed by atoms with Crippen LogP contribution < -0.4 is 0 Å². The van der Waals surface area contributed by atoms with E-state index in [1.54, 1.807) is 54.6 Å². The van der Waals surface area contributed by atoms with Crippen molar-refractivity contribution in [2.24, 2.45) is 0 Å². The lowest BCUT2D eigenvalue weighted by molar-refractivity contribution is 0.162. The van der Waals surface area contributed by atoms with Crippen LogP contribution in [0.5, 0.6) is 11.5 Å². The van der Waals surface area contributed by atoms with Crippen LogP contribution in [0.4, 0.5) is 0 Å². The summed E-state index contributed by atoms with van der Waals surface area (Å²) in [7, 11) is 0. The van der Waals surface area contributed by atoms with E-state index in [-0.39, 0.29) is 11.5 Å². The van der Waals surface area contributed by atoms with Crippen LogP contribution in [0.15, 0.2) is 72.8 Å². The lowest BCUT2D eigenvalue weighted by Gasteiger charge is -1.89. The SMILES string of the molecule is CCOCC.N#Cc1ccccc1C#N.N#Cc1ccccc1C#N.Oc1cccc(O)c1. The van der Waals surface area contributed by atoms with Crippen LogP contribution in [-0.4, -0.2) is 23.4 Å². The maximum Gasteiger partial charge on any atom is 0.119 e. The van der Waals surface area contributed by atoms with Gasteiger partial charge in [-0.05, 0) is 50.2 Å². The number of ether oxygens (including phenoxy) is 1. The molecule has 0 heterocycles. The average Bonchev–Trinajstić information content (AvgIpc) is 2.85. The van der Waals surface area contributed by atoms with Crippen molar-refractivity contribution >= 4 is 0 Å². The van der Waals surface area contributed by atoms with Crippen LogP contribution in [0.2, 0.25) is 0 Å². The average molecular weight is 441 g/mol. The zero-order chi connectivity index (χ0) is 24.9. The fourth-order valence-electron chi connectivity index (χ4n) is 2.05. The molecule has 2 N–H and O–H groups in total. The largest absolute Gasteiger partial charge is 0.508 e. The number of phenolic OH excluding ortho intramolecular Hbond substituents is 2. The van der Waals surface area contributed by atoms with Crippen molar-refractivity contribution in [1.82, 2.24) is 0 Å². The van der Waals surface area contributed by atoms with Gasteiger partial charge in [-0.1, -0.05) is 30.3 Å². The van der Waals surface area contributed by atoms with E-state index in [0.717, 1.165) is 13.2 Å². The predicted octanol–water partition coefficient (Wildman–Crippen LogP) is 5.00. The fourth-order valence-corrected chi connectivity index (χ4v) is 2.05. The van der Waals surface area contributed by atoms with E-state index < -0.39 is 0 Å². The van der Waals surface area contributed by atoms with E-state index in [0.29, 0.717) is 22.3 Å². The first-order chi connectivity index (χ1) is 16.0. The number of aromatic hydroxyl groups is 2. The van der Waals surface area contributed by atoms with Crippen molar-refractivity contribution in [1.29, 1.82) is 21.0 Å². The third kappa shape index (κ3) is 12.5. The molecular formula is C26H24N4O3. The van der Waals surface area contributed by atoms with Gasteiger partial charge in [0.2, 0.25) is 0 Å². The van der Waals surface area contributed by atoms with E-state index in [4.69, 9.17) is 36.0 Å². The van der Waals surface area contributed by atoms with Crippen LogP contribution in [0.25, 0.3) is 0 Å². The highest BCUT2D eigenvalue weighted by molar-refractivity contribution is 5.45. The normalized spacial score (nSPS) is 8.18. The first-order valence-corrected chi connectivity index (χ1v) is 9.81. The zero-order valence-corrected chi connectivity index (χ0v) is 18.4. The number of rotatable bonds is 2. The minimum atomic E-state index is 0.0880. The summed E-state index contributed by atoms with van der Waals surface area (Å²) in [4.78, 5) is 0. The van der Waals surface area contributed by atoms with Gasteiger partial charge in [-0.15, -0.1) is 0 Å². The maximum atomic E-state index is 8.65. The second-order valence-electron chi connectivity index (χ2n) is 5.84. The van der Waals surface area contributed by atoms with Crippen molar-refractivity contribution in [2.45, 2.75) is 13.8 Å². The molecule has 3 rings (SSSR count). The highest BCUT2D eigenvalue weighted by Crippen LogP contribution is 2.14. The Kier molecular flexibility index (Phi) is 15.4. The van der Waals surface area contributed by atoms with Gasteiger partial charge in [0.05, 0.1) is 22.3 Å². The predicted molar refractivity (Wildman–Crippen MR) is 124 cm³/mol. The summed E-state index contributed by atoms with van der Waals surface area (Å²) in [6.45, 7) is 5.67. The highest BCUT2D eigenvalue weighted by Gasteiger charge is 1.96. The van der Waals surface area contributed by atoms with Crippen molar-refractivity contribution in [2.75, 3.05) is 13.2 Å². The van der Waals surface area contributed by atoms with Gasteiger partial charge in [0.15, 0.2) is 0 Å². The molecule has 0 radical (unpaired) electrons. The summed E-state index contributed by atoms with van der Waals surface area (Å²) in [5.74, 6) is 0.176. The Bertz CT molecular complexity index is 997. The van der Waals surface area contributed by atoms with Crippen molar-refractivity contribution in [3.63, 3.8) is 0 Å². The molecule has 0 amide bonds. The Morgan fingerprint density at radius 1 is 0.576 bits per heavy atom. The molecule has 0 saturated carbocycles. The molecular weight excluding hydrogens is 416 g/mol. The third-order valence-electron chi connectivity index (χ3n) is 3.57. The van der Waals surface area contributed by atoms with E-state index in [1.165, 1.54) is 18.2 Å². The molecule has 0 aromatic heterocycles. The van der Waals surface area contributed by atoms with E-state index in [9.17, 15) is 0 Å². The van der Waals surface area contributed by atoms with Gasteiger partial charge in [-0.2, -0.15) is 21.0 Å². The molecule has 0 spiro atoms. The summed E-state index contributed by atoms with van der Waals surface area (Å²) >= 11 is 0. The van der Waals surface area contributed by atoms with Gasteiger partial charge in [0, 0.05) is 19.3 Å². The first-order valence-electron chi connectivity index (χ1n) is 9.81. The topological polar surface area (TPSA) is 145 Å². The van der Waals surface area contributed by atoms with Gasteiger partial charge in [0.25, 0.3) is 0 Å². The number of hydrogen-bond acceptors (Lipinski definition) is 7. The third-order valence-corrected chi connectivity index (χ3v) is 3.57. The summed E-state index contributed by atoms with van der Waals surface area (Å²) in [5, 5.41) is 51.1. The van der Waals surface area contributed by atoms with Crippen molar-refractivity contribution in [3.8, 4) is 35.8 Å². The van der Waals surface area contributed by atoms with E-state index in [1.807, 2.05) is 38.1 Å². The summed E-state index contributed by atoms with van der Waals surface area (Å²) in [5.41, 5.74) is 1.74. The number of nitrogens with zero attached hydrogens (tertiary/aromatic N) is 4. The lowest BCUT2D eigenvalue weighted by atomic mass is 10.1. The molecule has 0 atom stereocenters. The first kappa shape index (κ1) is 28.2. The Morgan fingerprint density at radius 3 is 1.03 bits per heavy atom. The minimum Gasteiger partial charge on any atom is -0.508 e. The Hall–Kier alpha value is -4.82. The number of phenols is 2. The fraction of sp³-hybridized carbons (Fsp3) is 0.154. The lowest BCUT2D eigenvalue weighted by Crippen LogP contribution is -1.84. The molecule has 3 aromatic rings. The number of benzene rings is 3. The minimum absolute atomic E-state index is 0.0880. The molecule has 0 saturated heterocycles. The smallest absolute Gasteiger partial charge is 0.119 e. The highest BCUT2D eigenvalue weighted by atomic mass is 16.5. The molecule has 0 fully saturated rings. The van der Waals surface area contributed by atoms with Crippen molar-refractivity contribution in [3.05, 3.63) is 95.1 Å². The summed E-state index contributed by atoms with van der Waals surface area (Å²) in [6.07, 6.45) is 0. The van der Waals surface area contributed by atoms with E-state index >= 15 is 0 Å². The standard InChI is InChI=1S/2C8H4N2.C6H6O2.C4H10O/c2*9-5-7-3-1-2-4-8(7)6-10;7-5-2-1-3-6(8)4-5;1-3-5-4-2/h2*1-4H;1-4,7-8H;3-4H2,1-2H3. The maximum absolute atomic E-state index is 8.65. The molecule has 7 heteroatoms. The second kappa shape index (κ2) is 18.0. The van der Waals surface area contributed by atoms with Crippen LogP contribution in [0.1, 0.15) is 36.1 Å². The molecule has 0 aliphatic heterocycles. The molecule has 33 heavy (non-hydrogen) atoms. The molecule has 7 nitrogen and oxygen atoms in total. The molecule has 3 aromatic carbocycles. The number of nitriles is 4. The van der Waals surface area contributed by atoms with Gasteiger partial charge >= 0.3 is 0 Å². The quantitative estimate of drug-likeness (QED) is 0.570.